The number of carbonyl (C=O) groups is 2. The van der Waals surface area contributed by atoms with Crippen LogP contribution in [0.1, 0.15) is 23.8 Å². The predicted octanol–water partition coefficient (Wildman–Crippen LogP) is 2.60. The zero-order valence-corrected chi connectivity index (χ0v) is 13.6. The van der Waals surface area contributed by atoms with Crippen molar-refractivity contribution in [2.45, 2.75) is 19.0 Å². The minimum atomic E-state index is -0.493. The van der Waals surface area contributed by atoms with Gasteiger partial charge in [-0.05, 0) is 29.8 Å². The summed E-state index contributed by atoms with van der Waals surface area (Å²) in [5.74, 6) is -0.370. The molecule has 2 heterocycles. The van der Waals surface area contributed by atoms with E-state index in [4.69, 9.17) is 4.42 Å². The first-order valence-corrected chi connectivity index (χ1v) is 7.76. The lowest BCUT2D eigenvalue weighted by Gasteiger charge is -2.27. The van der Waals surface area contributed by atoms with E-state index in [0.29, 0.717) is 12.3 Å². The van der Waals surface area contributed by atoms with Gasteiger partial charge in [0.1, 0.15) is 11.6 Å². The molecule has 126 valence electrons. The topological polar surface area (TPSA) is 53.8 Å². The maximum Gasteiger partial charge on any atom is 0.228 e. The molecule has 1 saturated heterocycles. The number of nitrogens with zero attached hydrogens (tertiary/aromatic N) is 2. The molecule has 0 spiro atoms. The van der Waals surface area contributed by atoms with Crippen LogP contribution in [0.15, 0.2) is 47.1 Å². The number of rotatable bonds is 4. The first kappa shape index (κ1) is 16.2. The van der Waals surface area contributed by atoms with Gasteiger partial charge >= 0.3 is 0 Å². The van der Waals surface area contributed by atoms with Gasteiger partial charge in [0.25, 0.3) is 0 Å². The Hall–Kier alpha value is -2.63. The molecule has 24 heavy (non-hydrogen) atoms. The standard InChI is InChI=1S/C18H19FN2O3/c1-20(11-14-4-3-9-24-14)18(23)15-10-16(22)21(2)17(15)12-5-7-13(19)8-6-12/h3-9,15,17H,10-11H2,1-2H3/t15-,17+/m0/s1. The van der Waals surface area contributed by atoms with Crippen molar-refractivity contribution in [3.05, 3.63) is 59.8 Å². The second kappa shape index (κ2) is 6.47. The predicted molar refractivity (Wildman–Crippen MR) is 85.2 cm³/mol. The Kier molecular flexibility index (Phi) is 4.38. The monoisotopic (exact) mass is 330 g/mol. The van der Waals surface area contributed by atoms with Gasteiger partial charge in [0.05, 0.1) is 24.8 Å². The van der Waals surface area contributed by atoms with Gasteiger partial charge in [-0.25, -0.2) is 4.39 Å². The van der Waals surface area contributed by atoms with Gasteiger partial charge in [0.15, 0.2) is 0 Å². The Labute approximate surface area is 139 Å². The van der Waals surface area contributed by atoms with Crippen molar-refractivity contribution in [3.63, 3.8) is 0 Å². The molecular weight excluding hydrogens is 311 g/mol. The number of carbonyl (C=O) groups excluding carboxylic acids is 2. The molecule has 5 nitrogen and oxygen atoms in total. The highest BCUT2D eigenvalue weighted by Crippen LogP contribution is 2.38. The van der Waals surface area contributed by atoms with Crippen molar-refractivity contribution in [1.82, 2.24) is 9.80 Å². The third-order valence-electron chi connectivity index (χ3n) is 4.46. The van der Waals surface area contributed by atoms with E-state index in [9.17, 15) is 14.0 Å². The lowest BCUT2D eigenvalue weighted by molar-refractivity contribution is -0.136. The van der Waals surface area contributed by atoms with E-state index in [1.165, 1.54) is 12.1 Å². The van der Waals surface area contributed by atoms with E-state index in [1.807, 2.05) is 0 Å². The first-order chi connectivity index (χ1) is 11.5. The highest BCUT2D eigenvalue weighted by molar-refractivity contribution is 5.90. The number of furan rings is 1. The minimum Gasteiger partial charge on any atom is -0.467 e. The molecule has 0 N–H and O–H groups in total. The second-order valence-electron chi connectivity index (χ2n) is 6.09. The molecule has 0 aliphatic carbocycles. The van der Waals surface area contributed by atoms with E-state index in [0.717, 1.165) is 5.56 Å². The maximum absolute atomic E-state index is 13.2. The largest absolute Gasteiger partial charge is 0.467 e. The summed E-state index contributed by atoms with van der Waals surface area (Å²) in [7, 11) is 3.37. The van der Waals surface area contributed by atoms with Crippen LogP contribution in [0.4, 0.5) is 4.39 Å². The molecule has 0 unspecified atom stereocenters. The fourth-order valence-electron chi connectivity index (χ4n) is 3.20. The number of hydrogen-bond acceptors (Lipinski definition) is 3. The molecule has 0 bridgehead atoms. The summed E-state index contributed by atoms with van der Waals surface area (Å²) in [5.41, 5.74) is 0.759. The van der Waals surface area contributed by atoms with Crippen LogP contribution in [-0.4, -0.2) is 35.7 Å². The van der Waals surface area contributed by atoms with Crippen LogP contribution >= 0.6 is 0 Å². The molecule has 2 atom stereocenters. The number of benzene rings is 1. The molecule has 1 aliphatic rings. The lowest BCUT2D eigenvalue weighted by atomic mass is 9.92. The van der Waals surface area contributed by atoms with Gasteiger partial charge in [-0.2, -0.15) is 0 Å². The van der Waals surface area contributed by atoms with E-state index in [2.05, 4.69) is 0 Å². The van der Waals surface area contributed by atoms with Gasteiger partial charge in [0, 0.05) is 20.5 Å². The molecule has 1 fully saturated rings. The summed E-state index contributed by atoms with van der Waals surface area (Å²) < 4.78 is 18.4. The Morgan fingerprint density at radius 3 is 2.67 bits per heavy atom. The third kappa shape index (κ3) is 3.04. The molecular formula is C18H19FN2O3. The van der Waals surface area contributed by atoms with Crippen molar-refractivity contribution in [1.29, 1.82) is 0 Å². The molecule has 6 heteroatoms. The lowest BCUT2D eigenvalue weighted by Crippen LogP contribution is -2.35. The van der Waals surface area contributed by atoms with Gasteiger partial charge < -0.3 is 14.2 Å². The van der Waals surface area contributed by atoms with E-state index in [-0.39, 0.29) is 30.1 Å². The van der Waals surface area contributed by atoms with Crippen LogP contribution in [-0.2, 0) is 16.1 Å². The van der Waals surface area contributed by atoms with E-state index < -0.39 is 5.92 Å². The normalized spacial score (nSPS) is 20.5. The van der Waals surface area contributed by atoms with Crippen molar-refractivity contribution in [3.8, 4) is 0 Å². The average molecular weight is 330 g/mol. The molecule has 0 radical (unpaired) electrons. The van der Waals surface area contributed by atoms with E-state index >= 15 is 0 Å². The Morgan fingerprint density at radius 1 is 1.33 bits per heavy atom. The van der Waals surface area contributed by atoms with Crippen molar-refractivity contribution in [2.75, 3.05) is 14.1 Å². The Morgan fingerprint density at radius 2 is 2.04 bits per heavy atom. The summed E-state index contributed by atoms with van der Waals surface area (Å²) >= 11 is 0. The first-order valence-electron chi connectivity index (χ1n) is 7.76. The molecule has 1 aromatic heterocycles. The average Bonchev–Trinajstić information content (AvgIpc) is 3.17. The van der Waals surface area contributed by atoms with Crippen molar-refractivity contribution in [2.24, 2.45) is 5.92 Å². The van der Waals surface area contributed by atoms with Crippen LogP contribution < -0.4 is 0 Å². The van der Waals surface area contributed by atoms with Crippen molar-refractivity contribution < 1.29 is 18.4 Å². The van der Waals surface area contributed by atoms with Crippen LogP contribution in [0, 0.1) is 11.7 Å². The Balaban J connectivity index is 1.82. The molecule has 0 saturated carbocycles. The number of halogens is 1. The summed E-state index contributed by atoms with van der Waals surface area (Å²) in [6.07, 6.45) is 1.71. The van der Waals surface area contributed by atoms with Crippen LogP contribution in [0.5, 0.6) is 0 Å². The third-order valence-corrected chi connectivity index (χ3v) is 4.46. The fraction of sp³-hybridized carbons (Fsp3) is 0.333. The zero-order valence-electron chi connectivity index (χ0n) is 13.6. The number of likely N-dealkylation sites (tertiary alicyclic amines) is 1. The van der Waals surface area contributed by atoms with Crippen LogP contribution in [0.2, 0.25) is 0 Å². The molecule has 2 amide bonds. The summed E-state index contributed by atoms with van der Waals surface area (Å²) in [6, 6.07) is 9.13. The second-order valence-corrected chi connectivity index (χ2v) is 6.09. The van der Waals surface area contributed by atoms with Gasteiger partial charge in [-0.15, -0.1) is 0 Å². The molecule has 1 aliphatic heterocycles. The minimum absolute atomic E-state index is 0.0888. The van der Waals surface area contributed by atoms with Crippen LogP contribution in [0.25, 0.3) is 0 Å². The SMILES string of the molecule is CN(Cc1ccco1)C(=O)[C@H]1CC(=O)N(C)[C@@H]1c1ccc(F)cc1. The highest BCUT2D eigenvalue weighted by Gasteiger charge is 2.43. The number of hydrogen-bond donors (Lipinski definition) is 0. The molecule has 2 aromatic rings. The van der Waals surface area contributed by atoms with Crippen LogP contribution in [0.3, 0.4) is 0 Å². The van der Waals surface area contributed by atoms with Gasteiger partial charge in [0.2, 0.25) is 11.8 Å². The summed E-state index contributed by atoms with van der Waals surface area (Å²) in [5, 5.41) is 0. The van der Waals surface area contributed by atoms with Gasteiger partial charge in [-0.1, -0.05) is 12.1 Å². The number of amides is 2. The summed E-state index contributed by atoms with van der Waals surface area (Å²) in [6.45, 7) is 0.344. The van der Waals surface area contributed by atoms with Gasteiger partial charge in [-0.3, -0.25) is 9.59 Å². The summed E-state index contributed by atoms with van der Waals surface area (Å²) in [4.78, 5) is 28.1. The Bertz CT molecular complexity index is 727. The molecule has 1 aromatic carbocycles. The smallest absolute Gasteiger partial charge is 0.228 e. The fourth-order valence-corrected chi connectivity index (χ4v) is 3.20. The quantitative estimate of drug-likeness (QED) is 0.866. The van der Waals surface area contributed by atoms with E-state index in [1.54, 1.807) is 54.4 Å². The van der Waals surface area contributed by atoms with Crippen molar-refractivity contribution >= 4 is 11.8 Å². The maximum atomic E-state index is 13.2. The zero-order chi connectivity index (χ0) is 17.3. The highest BCUT2D eigenvalue weighted by atomic mass is 19.1. The molecule has 3 rings (SSSR count).